The maximum atomic E-state index is 4.65. The fourth-order valence-electron chi connectivity index (χ4n) is 3.35. The van der Waals surface area contributed by atoms with Crippen molar-refractivity contribution in [2.75, 3.05) is 6.54 Å². The lowest BCUT2D eigenvalue weighted by molar-refractivity contribution is 0.338. The largest absolute Gasteiger partial charge is 0.315 e. The zero-order valence-corrected chi connectivity index (χ0v) is 11.9. The van der Waals surface area contributed by atoms with Gasteiger partial charge in [-0.05, 0) is 56.7 Å². The van der Waals surface area contributed by atoms with E-state index in [2.05, 4.69) is 43.2 Å². The first-order chi connectivity index (χ1) is 8.72. The van der Waals surface area contributed by atoms with E-state index >= 15 is 0 Å². The minimum absolute atomic E-state index is 0.610. The predicted octanol–water partition coefficient (Wildman–Crippen LogP) is 3.53. The highest BCUT2D eigenvalue weighted by Gasteiger charge is 2.26. The van der Waals surface area contributed by atoms with Crippen molar-refractivity contribution in [2.45, 2.75) is 58.4 Å². The van der Waals surface area contributed by atoms with Gasteiger partial charge < -0.3 is 5.32 Å². The normalized spacial score (nSPS) is 22.3. The highest BCUT2D eigenvalue weighted by Crippen LogP contribution is 2.37. The Balaban J connectivity index is 2.05. The van der Waals surface area contributed by atoms with Crippen molar-refractivity contribution in [1.82, 2.24) is 10.3 Å². The van der Waals surface area contributed by atoms with Gasteiger partial charge in [0.1, 0.15) is 0 Å². The van der Waals surface area contributed by atoms with Crippen molar-refractivity contribution in [3.8, 4) is 0 Å². The van der Waals surface area contributed by atoms with E-state index in [1.807, 2.05) is 6.20 Å². The summed E-state index contributed by atoms with van der Waals surface area (Å²) in [6.07, 6.45) is 7.05. The molecule has 1 aromatic rings. The zero-order valence-electron chi connectivity index (χ0n) is 11.9. The quantitative estimate of drug-likeness (QED) is 0.859. The van der Waals surface area contributed by atoms with E-state index in [0.717, 1.165) is 6.54 Å². The van der Waals surface area contributed by atoms with Gasteiger partial charge in [0.05, 0.1) is 0 Å². The maximum Gasteiger partial charge on any atom is 0.0469 e. The van der Waals surface area contributed by atoms with Crippen LogP contribution in [0.4, 0.5) is 0 Å². The second kappa shape index (κ2) is 6.33. The van der Waals surface area contributed by atoms with Gasteiger partial charge in [-0.2, -0.15) is 0 Å². The van der Waals surface area contributed by atoms with E-state index in [-0.39, 0.29) is 0 Å². The van der Waals surface area contributed by atoms with Crippen LogP contribution in [0.5, 0.6) is 0 Å². The molecule has 3 atom stereocenters. The second-order valence-electron chi connectivity index (χ2n) is 5.72. The summed E-state index contributed by atoms with van der Waals surface area (Å²) >= 11 is 0. The Morgan fingerprint density at radius 1 is 1.44 bits per heavy atom. The summed E-state index contributed by atoms with van der Waals surface area (Å²) in [5.41, 5.74) is 2.86. The third kappa shape index (κ3) is 3.11. The van der Waals surface area contributed by atoms with Gasteiger partial charge in [0.15, 0.2) is 0 Å². The number of aryl methyl sites for hydroxylation is 1. The number of nitrogens with one attached hydrogen (secondary N) is 1. The molecule has 0 saturated carbocycles. The van der Waals surface area contributed by atoms with Gasteiger partial charge >= 0.3 is 0 Å². The fraction of sp³-hybridized carbons (Fsp3) is 0.688. The van der Waals surface area contributed by atoms with Crippen molar-refractivity contribution in [3.05, 3.63) is 29.6 Å². The van der Waals surface area contributed by atoms with Crippen LogP contribution in [0.1, 0.15) is 57.2 Å². The molecule has 0 aromatic carbocycles. The van der Waals surface area contributed by atoms with Gasteiger partial charge in [0.2, 0.25) is 0 Å². The number of nitrogens with zero attached hydrogens (tertiary/aromatic N) is 1. The van der Waals surface area contributed by atoms with Crippen molar-refractivity contribution in [1.29, 1.82) is 0 Å². The van der Waals surface area contributed by atoms with Crippen molar-refractivity contribution < 1.29 is 0 Å². The Morgan fingerprint density at radius 3 is 3.06 bits per heavy atom. The number of hydrogen-bond acceptors (Lipinski definition) is 2. The van der Waals surface area contributed by atoms with E-state index in [9.17, 15) is 0 Å². The highest BCUT2D eigenvalue weighted by molar-refractivity contribution is 5.26. The van der Waals surface area contributed by atoms with Crippen LogP contribution in [0.15, 0.2) is 18.3 Å². The molecule has 18 heavy (non-hydrogen) atoms. The van der Waals surface area contributed by atoms with E-state index in [4.69, 9.17) is 0 Å². The van der Waals surface area contributed by atoms with Crippen LogP contribution in [0, 0.1) is 5.92 Å². The van der Waals surface area contributed by atoms with Crippen LogP contribution < -0.4 is 5.32 Å². The van der Waals surface area contributed by atoms with Crippen LogP contribution in [0.3, 0.4) is 0 Å². The maximum absolute atomic E-state index is 4.65. The van der Waals surface area contributed by atoms with E-state index in [0.29, 0.717) is 17.9 Å². The Kier molecular flexibility index (Phi) is 4.76. The Hall–Kier alpha value is -0.890. The molecule has 0 aliphatic heterocycles. The molecule has 0 saturated heterocycles. The molecule has 3 unspecified atom stereocenters. The highest BCUT2D eigenvalue weighted by atomic mass is 14.9. The first-order valence-corrected chi connectivity index (χ1v) is 7.39. The van der Waals surface area contributed by atoms with E-state index < -0.39 is 0 Å². The third-order valence-corrected chi connectivity index (χ3v) is 4.20. The lowest BCUT2D eigenvalue weighted by atomic mass is 9.77. The summed E-state index contributed by atoms with van der Waals surface area (Å²) in [5, 5.41) is 3.52. The molecule has 1 heterocycles. The second-order valence-corrected chi connectivity index (χ2v) is 5.72. The number of rotatable bonds is 5. The molecule has 2 nitrogen and oxygen atoms in total. The standard InChI is InChI=1S/C16H26N2/c1-4-17-13(3)11-12(2)15-9-5-7-14-8-6-10-18-16(14)15/h6,8,10,12-13,15,17H,4-5,7,9,11H2,1-3H3. The molecule has 1 aromatic heterocycles. The number of aromatic nitrogens is 1. The van der Waals surface area contributed by atoms with Gasteiger partial charge in [-0.15, -0.1) is 0 Å². The summed E-state index contributed by atoms with van der Waals surface area (Å²) in [5.74, 6) is 1.38. The molecule has 2 heteroatoms. The molecule has 0 amide bonds. The molecule has 0 bridgehead atoms. The predicted molar refractivity (Wildman–Crippen MR) is 76.8 cm³/mol. The minimum Gasteiger partial charge on any atom is -0.315 e. The number of hydrogen-bond donors (Lipinski definition) is 1. The molecular weight excluding hydrogens is 220 g/mol. The van der Waals surface area contributed by atoms with Gasteiger partial charge in [0.25, 0.3) is 0 Å². The van der Waals surface area contributed by atoms with Gasteiger partial charge in [0, 0.05) is 23.9 Å². The average Bonchev–Trinajstić information content (AvgIpc) is 2.38. The lowest BCUT2D eigenvalue weighted by Gasteiger charge is -2.30. The molecule has 1 aliphatic rings. The van der Waals surface area contributed by atoms with Crippen LogP contribution in [0.2, 0.25) is 0 Å². The monoisotopic (exact) mass is 246 g/mol. The molecule has 100 valence electrons. The van der Waals surface area contributed by atoms with Crippen molar-refractivity contribution >= 4 is 0 Å². The molecule has 0 spiro atoms. The van der Waals surface area contributed by atoms with E-state index in [1.165, 1.54) is 36.9 Å². The van der Waals surface area contributed by atoms with E-state index in [1.54, 1.807) is 0 Å². The molecular formula is C16H26N2. The zero-order chi connectivity index (χ0) is 13.0. The topological polar surface area (TPSA) is 24.9 Å². The summed E-state index contributed by atoms with van der Waals surface area (Å²) in [6, 6.07) is 4.95. The first kappa shape index (κ1) is 13.5. The molecule has 0 radical (unpaired) electrons. The number of fused-ring (bicyclic) bond motifs is 1. The van der Waals surface area contributed by atoms with Gasteiger partial charge in [-0.3, -0.25) is 4.98 Å². The molecule has 2 rings (SSSR count). The Morgan fingerprint density at radius 2 is 2.28 bits per heavy atom. The number of pyridine rings is 1. The molecule has 1 N–H and O–H groups in total. The summed E-state index contributed by atoms with van der Waals surface area (Å²) in [6.45, 7) is 7.93. The Bertz CT molecular complexity index is 375. The summed E-state index contributed by atoms with van der Waals surface area (Å²) in [7, 11) is 0. The summed E-state index contributed by atoms with van der Waals surface area (Å²) < 4.78 is 0. The summed E-state index contributed by atoms with van der Waals surface area (Å²) in [4.78, 5) is 4.65. The van der Waals surface area contributed by atoms with Crippen LogP contribution in [0.25, 0.3) is 0 Å². The van der Waals surface area contributed by atoms with Gasteiger partial charge in [-0.1, -0.05) is 19.9 Å². The average molecular weight is 246 g/mol. The smallest absolute Gasteiger partial charge is 0.0469 e. The SMILES string of the molecule is CCNC(C)CC(C)C1CCCc2cccnc21. The molecule has 1 aliphatic carbocycles. The lowest BCUT2D eigenvalue weighted by Crippen LogP contribution is -2.30. The first-order valence-electron chi connectivity index (χ1n) is 7.39. The fourth-order valence-corrected chi connectivity index (χ4v) is 3.35. The van der Waals surface area contributed by atoms with Crippen LogP contribution in [-0.4, -0.2) is 17.6 Å². The molecule has 0 fully saturated rings. The third-order valence-electron chi connectivity index (χ3n) is 4.20. The minimum atomic E-state index is 0.610. The van der Waals surface area contributed by atoms with Crippen molar-refractivity contribution in [2.24, 2.45) is 5.92 Å². The van der Waals surface area contributed by atoms with Gasteiger partial charge in [-0.25, -0.2) is 0 Å². The van der Waals surface area contributed by atoms with Crippen molar-refractivity contribution in [3.63, 3.8) is 0 Å². The Labute approximate surface area is 111 Å². The van der Waals surface area contributed by atoms with Crippen LogP contribution in [-0.2, 0) is 6.42 Å². The van der Waals surface area contributed by atoms with Crippen LogP contribution >= 0.6 is 0 Å².